The van der Waals surface area contributed by atoms with Gasteiger partial charge in [-0.25, -0.2) is 9.37 Å². The van der Waals surface area contributed by atoms with Gasteiger partial charge in [0.2, 0.25) is 5.89 Å². The van der Waals surface area contributed by atoms with Gasteiger partial charge in [-0.3, -0.25) is 0 Å². The second kappa shape index (κ2) is 4.74. The summed E-state index contributed by atoms with van der Waals surface area (Å²) in [7, 11) is 0. The maximum absolute atomic E-state index is 13.5. The quantitative estimate of drug-likeness (QED) is 0.715. The zero-order chi connectivity index (χ0) is 14.4. The lowest BCUT2D eigenvalue weighted by Crippen LogP contribution is -2.17. The number of aromatic nitrogens is 1. The third-order valence-corrected chi connectivity index (χ3v) is 4.12. The highest BCUT2D eigenvalue weighted by atomic mass is 35.5. The van der Waals surface area contributed by atoms with Gasteiger partial charge in [0.05, 0.1) is 10.9 Å². The highest BCUT2D eigenvalue weighted by molar-refractivity contribution is 6.31. The molecular weight excluding hydrogens is 291 g/mol. The van der Waals surface area contributed by atoms with Crippen molar-refractivity contribution >= 4 is 28.4 Å². The summed E-state index contributed by atoms with van der Waals surface area (Å²) >= 11 is 5.80. The number of hydrogen-bond donors (Lipinski definition) is 1. The van der Waals surface area contributed by atoms with Crippen LogP contribution in [0.15, 0.2) is 40.8 Å². The molecule has 1 aliphatic heterocycles. The molecule has 1 unspecified atom stereocenters. The molecule has 0 radical (unpaired) electrons. The summed E-state index contributed by atoms with van der Waals surface area (Å²) in [4.78, 5) is 4.49. The molecule has 0 fully saturated rings. The molecule has 21 heavy (non-hydrogen) atoms. The van der Waals surface area contributed by atoms with Gasteiger partial charge in [0.15, 0.2) is 5.58 Å². The molecule has 3 nitrogen and oxygen atoms in total. The van der Waals surface area contributed by atoms with E-state index in [1.165, 1.54) is 12.1 Å². The van der Waals surface area contributed by atoms with E-state index in [9.17, 15) is 4.39 Å². The van der Waals surface area contributed by atoms with Gasteiger partial charge in [0.25, 0.3) is 0 Å². The number of nitrogens with one attached hydrogen (secondary N) is 1. The summed E-state index contributed by atoms with van der Waals surface area (Å²) in [5, 5.41) is 3.43. The van der Waals surface area contributed by atoms with E-state index in [2.05, 4.69) is 16.4 Å². The first-order valence-electron chi connectivity index (χ1n) is 6.80. The number of nitrogens with zero attached hydrogens (tertiary/aromatic N) is 1. The Kier molecular flexibility index (Phi) is 2.86. The van der Waals surface area contributed by atoms with Gasteiger partial charge in [-0.15, -0.1) is 0 Å². The molecule has 4 rings (SSSR count). The van der Waals surface area contributed by atoms with Crippen molar-refractivity contribution < 1.29 is 8.81 Å². The molecule has 0 aliphatic carbocycles. The Morgan fingerprint density at radius 2 is 2.14 bits per heavy atom. The lowest BCUT2D eigenvalue weighted by molar-refractivity contribution is 0.484. The van der Waals surface area contributed by atoms with Crippen molar-refractivity contribution in [1.82, 2.24) is 4.98 Å². The fourth-order valence-corrected chi connectivity index (χ4v) is 2.97. The van der Waals surface area contributed by atoms with Gasteiger partial charge >= 0.3 is 0 Å². The Hall–Kier alpha value is -2.07. The third-order valence-electron chi connectivity index (χ3n) is 3.83. The SMILES string of the molecule is Fc1cc2oc(C3CCNc4ccccc43)nc2cc1Cl. The molecule has 2 heterocycles. The Bertz CT molecular complexity index is 791. The maximum Gasteiger partial charge on any atom is 0.203 e. The standard InChI is InChI=1S/C16H12ClFN2O/c17-11-7-14-15(8-12(11)18)21-16(20-14)10-5-6-19-13-4-2-1-3-9(10)13/h1-4,7-8,10,19H,5-6H2. The number of hydrogen-bond acceptors (Lipinski definition) is 3. The van der Waals surface area contributed by atoms with Crippen LogP contribution in [0.5, 0.6) is 0 Å². The van der Waals surface area contributed by atoms with Crippen molar-refractivity contribution in [3.8, 4) is 0 Å². The smallest absolute Gasteiger partial charge is 0.203 e. The number of anilines is 1. The number of halogens is 2. The van der Waals surface area contributed by atoms with Crippen LogP contribution < -0.4 is 5.32 Å². The Morgan fingerprint density at radius 3 is 3.05 bits per heavy atom. The number of fused-ring (bicyclic) bond motifs is 2. The monoisotopic (exact) mass is 302 g/mol. The van der Waals surface area contributed by atoms with E-state index in [1.54, 1.807) is 0 Å². The molecule has 0 saturated heterocycles. The van der Waals surface area contributed by atoms with E-state index in [0.29, 0.717) is 17.0 Å². The maximum atomic E-state index is 13.5. The minimum Gasteiger partial charge on any atom is -0.440 e. The Balaban J connectivity index is 1.84. The first-order chi connectivity index (χ1) is 10.2. The van der Waals surface area contributed by atoms with Gasteiger partial charge < -0.3 is 9.73 Å². The molecule has 1 aromatic heterocycles. The van der Waals surface area contributed by atoms with E-state index in [1.807, 2.05) is 18.2 Å². The summed E-state index contributed by atoms with van der Waals surface area (Å²) in [6.07, 6.45) is 0.889. The summed E-state index contributed by atoms with van der Waals surface area (Å²) in [5.41, 5.74) is 3.28. The van der Waals surface area contributed by atoms with Gasteiger partial charge in [0.1, 0.15) is 11.3 Å². The Labute approximate surface area is 125 Å². The topological polar surface area (TPSA) is 38.1 Å². The molecular formula is C16H12ClFN2O. The molecule has 3 aromatic rings. The van der Waals surface area contributed by atoms with Crippen LogP contribution in [0.1, 0.15) is 23.8 Å². The molecule has 1 aliphatic rings. The molecule has 0 amide bonds. The van der Waals surface area contributed by atoms with Crippen LogP contribution in [0.2, 0.25) is 5.02 Å². The average molecular weight is 303 g/mol. The number of para-hydroxylation sites is 1. The molecule has 1 N–H and O–H groups in total. The highest BCUT2D eigenvalue weighted by Crippen LogP contribution is 2.37. The highest BCUT2D eigenvalue weighted by Gasteiger charge is 2.26. The van der Waals surface area contributed by atoms with E-state index in [4.69, 9.17) is 16.0 Å². The van der Waals surface area contributed by atoms with Crippen molar-refractivity contribution in [2.75, 3.05) is 11.9 Å². The zero-order valence-electron chi connectivity index (χ0n) is 11.1. The van der Waals surface area contributed by atoms with Gasteiger partial charge in [-0.05, 0) is 24.1 Å². The fraction of sp³-hybridized carbons (Fsp3) is 0.188. The van der Waals surface area contributed by atoms with Crippen LogP contribution in [-0.4, -0.2) is 11.5 Å². The second-order valence-corrected chi connectivity index (χ2v) is 5.55. The van der Waals surface area contributed by atoms with Crippen LogP contribution in [-0.2, 0) is 0 Å². The van der Waals surface area contributed by atoms with Crippen molar-refractivity contribution in [1.29, 1.82) is 0 Å². The van der Waals surface area contributed by atoms with E-state index in [0.717, 1.165) is 24.2 Å². The predicted molar refractivity (Wildman–Crippen MR) is 80.4 cm³/mol. The van der Waals surface area contributed by atoms with E-state index >= 15 is 0 Å². The van der Waals surface area contributed by atoms with Crippen molar-refractivity contribution in [2.45, 2.75) is 12.3 Å². The molecule has 0 bridgehead atoms. The van der Waals surface area contributed by atoms with Crippen LogP contribution >= 0.6 is 11.6 Å². The van der Waals surface area contributed by atoms with Crippen LogP contribution in [0.25, 0.3) is 11.1 Å². The lowest BCUT2D eigenvalue weighted by atomic mass is 9.91. The largest absolute Gasteiger partial charge is 0.440 e. The first-order valence-corrected chi connectivity index (χ1v) is 7.18. The molecule has 1 atom stereocenters. The molecule has 0 spiro atoms. The van der Waals surface area contributed by atoms with Crippen molar-refractivity contribution in [3.05, 3.63) is 58.7 Å². The molecule has 2 aromatic carbocycles. The molecule has 106 valence electrons. The fourth-order valence-electron chi connectivity index (χ4n) is 2.82. The van der Waals surface area contributed by atoms with Gasteiger partial charge in [-0.2, -0.15) is 0 Å². The normalized spacial score (nSPS) is 17.5. The average Bonchev–Trinajstić information content (AvgIpc) is 2.90. The van der Waals surface area contributed by atoms with Crippen LogP contribution in [0.3, 0.4) is 0 Å². The summed E-state index contributed by atoms with van der Waals surface area (Å²) in [6.45, 7) is 0.857. The van der Waals surface area contributed by atoms with Crippen LogP contribution in [0, 0.1) is 5.82 Å². The number of benzene rings is 2. The first kappa shape index (κ1) is 12.7. The molecule has 0 saturated carbocycles. The minimum atomic E-state index is -0.488. The second-order valence-electron chi connectivity index (χ2n) is 5.14. The van der Waals surface area contributed by atoms with E-state index in [-0.39, 0.29) is 10.9 Å². The van der Waals surface area contributed by atoms with Crippen molar-refractivity contribution in [3.63, 3.8) is 0 Å². The third kappa shape index (κ3) is 2.07. The summed E-state index contributed by atoms with van der Waals surface area (Å²) in [6, 6.07) is 10.9. The summed E-state index contributed by atoms with van der Waals surface area (Å²) < 4.78 is 19.3. The van der Waals surface area contributed by atoms with Gasteiger partial charge in [0, 0.05) is 18.3 Å². The van der Waals surface area contributed by atoms with Crippen molar-refractivity contribution in [2.24, 2.45) is 0 Å². The minimum absolute atomic E-state index is 0.0630. The van der Waals surface area contributed by atoms with E-state index < -0.39 is 5.82 Å². The van der Waals surface area contributed by atoms with Gasteiger partial charge in [-0.1, -0.05) is 29.8 Å². The zero-order valence-corrected chi connectivity index (χ0v) is 11.8. The number of rotatable bonds is 1. The lowest BCUT2D eigenvalue weighted by Gasteiger charge is -2.24. The number of oxazole rings is 1. The predicted octanol–water partition coefficient (Wildman–Crippen LogP) is 4.57. The molecule has 5 heteroatoms. The Morgan fingerprint density at radius 1 is 1.29 bits per heavy atom. The summed E-state index contributed by atoms with van der Waals surface area (Å²) in [5.74, 6) is 0.204. The van der Waals surface area contributed by atoms with Crippen LogP contribution in [0.4, 0.5) is 10.1 Å².